The van der Waals surface area contributed by atoms with Gasteiger partial charge in [-0.1, -0.05) is 91.8 Å². The minimum Gasteiger partial charge on any atom is -0.497 e. The second kappa shape index (κ2) is 26.4. The second-order valence-electron chi connectivity index (χ2n) is 21.4. The van der Waals surface area contributed by atoms with Crippen molar-refractivity contribution >= 4 is 20.1 Å². The van der Waals surface area contributed by atoms with E-state index in [4.69, 9.17) is 51.8 Å². The number of esters is 1. The molecule has 396 valence electrons. The van der Waals surface area contributed by atoms with Gasteiger partial charge in [-0.25, -0.2) is 0 Å². The molecule has 0 unspecified atom stereocenters. The Balaban J connectivity index is 1.60. The number of hydrogen-bond acceptors (Lipinski definition) is 13. The lowest BCUT2D eigenvalue weighted by Crippen LogP contribution is -2.67. The number of rotatable bonds is 26. The first-order valence-corrected chi connectivity index (χ1v) is 27.8. The number of carbonyl (C=O) groups is 2. The molecule has 0 amide bonds. The number of hydrogen-bond donors (Lipinski definition) is 0. The van der Waals surface area contributed by atoms with Crippen LogP contribution in [0.25, 0.3) is 0 Å². The van der Waals surface area contributed by atoms with Crippen molar-refractivity contribution in [1.29, 1.82) is 0 Å². The highest BCUT2D eigenvalue weighted by Crippen LogP contribution is 2.46. The van der Waals surface area contributed by atoms with Crippen LogP contribution in [-0.2, 0) is 67.0 Å². The van der Waals surface area contributed by atoms with E-state index in [1.165, 1.54) is 0 Å². The standard InChI is InChI=1S/C57H86O13Si/c1-37(2)71(38(3)4,39(5)6)68-36-50-53(66-34-43-21-27-46(61-13)28-22-43)51(65-33-42-19-25-45(60-12)26-20-42)41(8)52(69-50)54(67-35-44-23-29-47(62-14)30-24-44)57(63-15)32-48(58)40(7)49(70-57)18-16-17-31-64-55(59)56(9,10)11/h19-30,37-41,49-54H,16-18,31-36H2,1-15H3/t40-,41-,49-,50-,51-,52-,53-,54+,57-/m1/s1. The van der Waals surface area contributed by atoms with Crippen molar-refractivity contribution < 1.29 is 61.4 Å². The number of ketones is 1. The van der Waals surface area contributed by atoms with E-state index in [1.54, 1.807) is 28.4 Å². The smallest absolute Gasteiger partial charge is 0.311 e. The molecule has 0 aliphatic carbocycles. The molecular weight excluding hydrogens is 921 g/mol. The quantitative estimate of drug-likeness (QED) is 0.0429. The fourth-order valence-corrected chi connectivity index (χ4v) is 16.0. The maximum absolute atomic E-state index is 14.4. The van der Waals surface area contributed by atoms with Crippen molar-refractivity contribution in [3.8, 4) is 17.2 Å². The lowest BCUT2D eigenvalue weighted by atomic mass is 9.79. The summed E-state index contributed by atoms with van der Waals surface area (Å²) in [6.07, 6.45) is -2.29. The van der Waals surface area contributed by atoms with Crippen LogP contribution in [0.15, 0.2) is 72.8 Å². The zero-order valence-electron chi connectivity index (χ0n) is 45.5. The molecular formula is C57H86O13Si. The van der Waals surface area contributed by atoms with Crippen LogP contribution in [0.2, 0.25) is 16.6 Å². The monoisotopic (exact) mass is 1010 g/mol. The minimum absolute atomic E-state index is 0.00163. The van der Waals surface area contributed by atoms with Crippen molar-refractivity contribution in [1.82, 2.24) is 0 Å². The molecule has 3 aromatic carbocycles. The first-order valence-electron chi connectivity index (χ1n) is 25.7. The Kier molecular flexibility index (Phi) is 21.6. The van der Waals surface area contributed by atoms with Gasteiger partial charge in [-0.2, -0.15) is 0 Å². The van der Waals surface area contributed by atoms with E-state index >= 15 is 0 Å². The summed E-state index contributed by atoms with van der Waals surface area (Å²) < 4.78 is 71.9. The average molecular weight is 1010 g/mol. The molecule has 13 nitrogen and oxygen atoms in total. The maximum atomic E-state index is 14.4. The molecule has 0 aromatic heterocycles. The molecule has 5 rings (SSSR count). The summed E-state index contributed by atoms with van der Waals surface area (Å²) in [6, 6.07) is 23.4. The molecule has 14 heteroatoms. The number of ether oxygens (including phenoxy) is 10. The van der Waals surface area contributed by atoms with Crippen molar-refractivity contribution in [3.05, 3.63) is 89.5 Å². The van der Waals surface area contributed by atoms with Crippen LogP contribution < -0.4 is 14.2 Å². The SMILES string of the molecule is COc1ccc(CO[C@@H]2[C@@H](C)[C@H]([C@H](OCc3ccc(OC)cc3)[C@@]3(OC)CC(=O)[C@@H](C)[C@@H](CCCCOC(=O)C(C)(C)C)O3)O[C@H](CO[Si](C(C)C)(C(C)C)C(C)C)[C@H]2OCc2ccc(OC)cc2)cc1. The second-order valence-corrected chi connectivity index (χ2v) is 26.9. The molecule has 2 saturated heterocycles. The molecule has 2 heterocycles. The van der Waals surface area contributed by atoms with Crippen LogP contribution in [0.4, 0.5) is 0 Å². The normalized spacial score (nSPS) is 24.6. The third kappa shape index (κ3) is 14.7. The highest BCUT2D eigenvalue weighted by molar-refractivity contribution is 6.77. The zero-order valence-corrected chi connectivity index (χ0v) is 46.5. The van der Waals surface area contributed by atoms with E-state index in [0.29, 0.717) is 35.9 Å². The van der Waals surface area contributed by atoms with Crippen LogP contribution in [0.3, 0.4) is 0 Å². The first kappa shape index (κ1) is 58.0. The highest BCUT2D eigenvalue weighted by atomic mass is 28.4. The number of Topliss-reactive ketones (excluding diaryl/α,β-unsaturated/α-hetero) is 1. The predicted octanol–water partition coefficient (Wildman–Crippen LogP) is 11.5. The van der Waals surface area contributed by atoms with Crippen LogP contribution in [0.1, 0.15) is 119 Å². The van der Waals surface area contributed by atoms with Gasteiger partial charge in [0.25, 0.3) is 0 Å². The van der Waals surface area contributed by atoms with Crippen molar-refractivity contribution in [3.63, 3.8) is 0 Å². The van der Waals surface area contributed by atoms with E-state index in [-0.39, 0.29) is 51.2 Å². The van der Waals surface area contributed by atoms with Crippen LogP contribution in [0.5, 0.6) is 17.2 Å². The van der Waals surface area contributed by atoms with Gasteiger partial charge >= 0.3 is 5.97 Å². The summed E-state index contributed by atoms with van der Waals surface area (Å²) in [4.78, 5) is 26.9. The summed E-state index contributed by atoms with van der Waals surface area (Å²) >= 11 is 0. The Labute approximate surface area is 426 Å². The molecule has 3 aromatic rings. The van der Waals surface area contributed by atoms with E-state index in [0.717, 1.165) is 33.9 Å². The van der Waals surface area contributed by atoms with Gasteiger partial charge in [0.15, 0.2) is 8.32 Å². The van der Waals surface area contributed by atoms with Gasteiger partial charge in [0.2, 0.25) is 5.79 Å². The summed E-state index contributed by atoms with van der Waals surface area (Å²) in [5.74, 6) is -0.412. The average Bonchev–Trinajstić information content (AvgIpc) is 3.34. The summed E-state index contributed by atoms with van der Waals surface area (Å²) in [6.45, 7) is 24.4. The fourth-order valence-electron chi connectivity index (χ4n) is 10.5. The number of carbonyl (C=O) groups excluding carboxylic acids is 2. The van der Waals surface area contributed by atoms with E-state index < -0.39 is 68.0 Å². The van der Waals surface area contributed by atoms with Crippen LogP contribution >= 0.6 is 0 Å². The summed E-state index contributed by atoms with van der Waals surface area (Å²) in [7, 11) is 4.06. The summed E-state index contributed by atoms with van der Waals surface area (Å²) in [5, 5.41) is 0. The molecule has 2 aliphatic heterocycles. The van der Waals surface area contributed by atoms with Gasteiger partial charge in [0.1, 0.15) is 41.3 Å². The highest BCUT2D eigenvalue weighted by Gasteiger charge is 2.59. The molecule has 0 radical (unpaired) electrons. The van der Waals surface area contributed by atoms with Crippen LogP contribution in [-0.4, -0.2) is 104 Å². The molecule has 2 aliphatic rings. The lowest BCUT2D eigenvalue weighted by Gasteiger charge is -2.53. The maximum Gasteiger partial charge on any atom is 0.311 e. The number of methoxy groups -OCH3 is 4. The van der Waals surface area contributed by atoms with E-state index in [2.05, 4.69) is 48.5 Å². The predicted molar refractivity (Wildman–Crippen MR) is 277 cm³/mol. The first-order chi connectivity index (χ1) is 33.7. The van der Waals surface area contributed by atoms with Gasteiger partial charge < -0.3 is 51.8 Å². The Morgan fingerprint density at radius 3 is 1.62 bits per heavy atom. The van der Waals surface area contributed by atoms with Gasteiger partial charge in [-0.3, -0.25) is 9.59 Å². The molecule has 0 N–H and O–H groups in total. The molecule has 2 fully saturated rings. The zero-order chi connectivity index (χ0) is 52.1. The van der Waals surface area contributed by atoms with Crippen molar-refractivity contribution in [2.75, 3.05) is 41.7 Å². The largest absolute Gasteiger partial charge is 0.497 e. The Morgan fingerprint density at radius 2 is 1.17 bits per heavy atom. The van der Waals surface area contributed by atoms with Gasteiger partial charge in [-0.15, -0.1) is 0 Å². The Bertz CT molecular complexity index is 2050. The summed E-state index contributed by atoms with van der Waals surface area (Å²) in [5.41, 5.74) is 3.14. The van der Waals surface area contributed by atoms with E-state index in [1.807, 2.05) is 100 Å². The Hall–Kier alpha value is -3.86. The van der Waals surface area contributed by atoms with Gasteiger partial charge in [0.05, 0.1) is 84.5 Å². The minimum atomic E-state index is -2.45. The fraction of sp³-hybridized carbons (Fsp3) is 0.649. The third-order valence-electron chi connectivity index (χ3n) is 14.7. The lowest BCUT2D eigenvalue weighted by molar-refractivity contribution is -0.351. The van der Waals surface area contributed by atoms with Crippen molar-refractivity contribution in [2.45, 2.75) is 181 Å². The van der Waals surface area contributed by atoms with Gasteiger partial charge in [-0.05, 0) is 110 Å². The number of benzene rings is 3. The van der Waals surface area contributed by atoms with Gasteiger partial charge in [0, 0.05) is 18.9 Å². The molecule has 0 bridgehead atoms. The number of unbranched alkanes of at least 4 members (excludes halogenated alkanes) is 1. The molecule has 9 atom stereocenters. The molecule has 0 saturated carbocycles. The van der Waals surface area contributed by atoms with Crippen molar-refractivity contribution in [2.24, 2.45) is 17.3 Å². The van der Waals surface area contributed by atoms with Crippen LogP contribution in [0, 0.1) is 17.3 Å². The molecule has 71 heavy (non-hydrogen) atoms. The van der Waals surface area contributed by atoms with E-state index in [9.17, 15) is 9.59 Å². The molecule has 0 spiro atoms. The topological polar surface area (TPSA) is 136 Å². The Morgan fingerprint density at radius 1 is 0.690 bits per heavy atom. The third-order valence-corrected chi connectivity index (χ3v) is 20.8.